The van der Waals surface area contributed by atoms with Crippen molar-refractivity contribution < 1.29 is 9.13 Å². The minimum absolute atomic E-state index is 0.132. The van der Waals surface area contributed by atoms with Crippen molar-refractivity contribution >= 4 is 11.6 Å². The van der Waals surface area contributed by atoms with Crippen LogP contribution < -0.4 is 0 Å². The van der Waals surface area contributed by atoms with Crippen molar-refractivity contribution in [3.8, 4) is 6.07 Å². The van der Waals surface area contributed by atoms with E-state index in [2.05, 4.69) is 11.0 Å². The second-order valence-corrected chi connectivity index (χ2v) is 4.38. The zero-order chi connectivity index (χ0) is 12.3. The van der Waals surface area contributed by atoms with Crippen LogP contribution in [0.2, 0.25) is 5.02 Å². The summed E-state index contributed by atoms with van der Waals surface area (Å²) in [5, 5.41) is 8.92. The van der Waals surface area contributed by atoms with E-state index in [4.69, 9.17) is 21.6 Å². The number of ether oxygens (including phenoxy) is 1. The van der Waals surface area contributed by atoms with E-state index in [-0.39, 0.29) is 11.1 Å². The van der Waals surface area contributed by atoms with Crippen molar-refractivity contribution in [1.82, 2.24) is 4.90 Å². The number of nitriles is 1. The van der Waals surface area contributed by atoms with Gasteiger partial charge in [0, 0.05) is 19.6 Å². The summed E-state index contributed by atoms with van der Waals surface area (Å²) in [5.74, 6) is -0.410. The zero-order valence-electron chi connectivity index (χ0n) is 9.20. The van der Waals surface area contributed by atoms with E-state index >= 15 is 0 Å². The Balaban J connectivity index is 2.00. The molecule has 0 saturated carbocycles. The Kier molecular flexibility index (Phi) is 3.95. The first kappa shape index (κ1) is 12.3. The number of hydrogen-bond donors (Lipinski definition) is 0. The molecule has 0 aliphatic carbocycles. The predicted molar refractivity (Wildman–Crippen MR) is 62.0 cm³/mol. The second-order valence-electron chi connectivity index (χ2n) is 3.97. The highest BCUT2D eigenvalue weighted by molar-refractivity contribution is 6.30. The number of benzene rings is 1. The normalized spacial score (nSPS) is 21.1. The van der Waals surface area contributed by atoms with Crippen LogP contribution in [0, 0.1) is 17.1 Å². The van der Waals surface area contributed by atoms with Crippen molar-refractivity contribution in [1.29, 1.82) is 5.26 Å². The first-order valence-corrected chi connectivity index (χ1v) is 5.74. The molecule has 1 heterocycles. The molecule has 1 unspecified atom stereocenters. The Morgan fingerprint density at radius 3 is 3.12 bits per heavy atom. The molecule has 1 atom stereocenters. The molecule has 0 aromatic heterocycles. The quantitative estimate of drug-likeness (QED) is 0.812. The van der Waals surface area contributed by atoms with E-state index < -0.39 is 5.82 Å². The van der Waals surface area contributed by atoms with Gasteiger partial charge in [-0.2, -0.15) is 5.26 Å². The molecule has 2 rings (SSSR count). The summed E-state index contributed by atoms with van der Waals surface area (Å²) in [7, 11) is 0. The van der Waals surface area contributed by atoms with Gasteiger partial charge in [-0.25, -0.2) is 4.39 Å². The van der Waals surface area contributed by atoms with Crippen LogP contribution in [-0.4, -0.2) is 30.7 Å². The fraction of sp³-hybridized carbons (Fsp3) is 0.417. The minimum Gasteiger partial charge on any atom is -0.361 e. The Morgan fingerprint density at radius 2 is 2.41 bits per heavy atom. The fourth-order valence-corrected chi connectivity index (χ4v) is 2.02. The summed E-state index contributed by atoms with van der Waals surface area (Å²) in [6, 6.07) is 6.78. The molecule has 17 heavy (non-hydrogen) atoms. The number of morpholine rings is 1. The van der Waals surface area contributed by atoms with Crippen LogP contribution >= 0.6 is 11.6 Å². The van der Waals surface area contributed by atoms with Gasteiger partial charge in [0.1, 0.15) is 5.82 Å². The summed E-state index contributed by atoms with van der Waals surface area (Å²) in [5.41, 5.74) is 0.940. The monoisotopic (exact) mass is 254 g/mol. The summed E-state index contributed by atoms with van der Waals surface area (Å²) >= 11 is 5.72. The maximum absolute atomic E-state index is 13.0. The largest absolute Gasteiger partial charge is 0.361 e. The molecule has 1 aromatic carbocycles. The maximum atomic E-state index is 13.0. The predicted octanol–water partition coefficient (Wildman–Crippen LogP) is 2.20. The topological polar surface area (TPSA) is 36.3 Å². The lowest BCUT2D eigenvalue weighted by molar-refractivity contribution is -0.00269. The van der Waals surface area contributed by atoms with Crippen LogP contribution in [-0.2, 0) is 11.3 Å². The number of hydrogen-bond acceptors (Lipinski definition) is 3. The first-order valence-electron chi connectivity index (χ1n) is 5.36. The average Bonchev–Trinajstić information content (AvgIpc) is 2.34. The van der Waals surface area contributed by atoms with Crippen LogP contribution in [0.25, 0.3) is 0 Å². The van der Waals surface area contributed by atoms with E-state index in [9.17, 15) is 4.39 Å². The lowest BCUT2D eigenvalue weighted by Crippen LogP contribution is -2.41. The van der Waals surface area contributed by atoms with E-state index in [1.807, 2.05) is 0 Å². The van der Waals surface area contributed by atoms with Crippen molar-refractivity contribution in [3.05, 3.63) is 34.6 Å². The number of halogens is 2. The van der Waals surface area contributed by atoms with Gasteiger partial charge in [-0.05, 0) is 17.7 Å². The third kappa shape index (κ3) is 3.16. The van der Waals surface area contributed by atoms with Gasteiger partial charge in [0.2, 0.25) is 0 Å². The first-order chi connectivity index (χ1) is 8.19. The zero-order valence-corrected chi connectivity index (χ0v) is 9.95. The SMILES string of the molecule is N#CC1CN(Cc2ccc(F)c(Cl)c2)CCO1. The van der Waals surface area contributed by atoms with Gasteiger partial charge in [0.05, 0.1) is 17.7 Å². The van der Waals surface area contributed by atoms with Crippen LogP contribution in [0.1, 0.15) is 5.56 Å². The lowest BCUT2D eigenvalue weighted by Gasteiger charge is -2.29. The van der Waals surface area contributed by atoms with E-state index in [1.165, 1.54) is 6.07 Å². The van der Waals surface area contributed by atoms with Gasteiger partial charge in [0.25, 0.3) is 0 Å². The molecule has 1 aromatic rings. The van der Waals surface area contributed by atoms with Crippen molar-refractivity contribution in [2.45, 2.75) is 12.6 Å². The van der Waals surface area contributed by atoms with Crippen LogP contribution in [0.4, 0.5) is 4.39 Å². The summed E-state index contributed by atoms with van der Waals surface area (Å²) in [4.78, 5) is 2.10. The minimum atomic E-state index is -0.410. The third-order valence-corrected chi connectivity index (χ3v) is 2.97. The van der Waals surface area contributed by atoms with Gasteiger partial charge >= 0.3 is 0 Å². The Hall–Kier alpha value is -1.15. The molecule has 1 saturated heterocycles. The van der Waals surface area contributed by atoms with Gasteiger partial charge < -0.3 is 4.74 Å². The molecule has 0 radical (unpaired) electrons. The summed E-state index contributed by atoms with van der Waals surface area (Å²) in [6.45, 7) is 2.55. The van der Waals surface area contributed by atoms with E-state index in [0.717, 1.165) is 12.1 Å². The molecule has 5 heteroatoms. The molecular formula is C12H12ClFN2O. The number of nitrogens with zero attached hydrogens (tertiary/aromatic N) is 2. The van der Waals surface area contributed by atoms with E-state index in [0.29, 0.717) is 19.7 Å². The summed E-state index contributed by atoms with van der Waals surface area (Å²) in [6.07, 6.45) is -0.375. The molecular weight excluding hydrogens is 243 g/mol. The Morgan fingerprint density at radius 1 is 1.59 bits per heavy atom. The highest BCUT2D eigenvalue weighted by atomic mass is 35.5. The van der Waals surface area contributed by atoms with Gasteiger partial charge in [-0.15, -0.1) is 0 Å². The van der Waals surface area contributed by atoms with Crippen LogP contribution in [0.5, 0.6) is 0 Å². The molecule has 1 fully saturated rings. The van der Waals surface area contributed by atoms with Crippen LogP contribution in [0.3, 0.4) is 0 Å². The fourth-order valence-electron chi connectivity index (χ4n) is 1.82. The Labute approximate surface area is 104 Å². The molecule has 3 nitrogen and oxygen atoms in total. The van der Waals surface area contributed by atoms with Gasteiger partial charge in [-0.3, -0.25) is 4.90 Å². The second kappa shape index (κ2) is 5.46. The molecule has 0 bridgehead atoms. The molecule has 1 aliphatic heterocycles. The molecule has 0 amide bonds. The smallest absolute Gasteiger partial charge is 0.156 e. The van der Waals surface area contributed by atoms with Gasteiger partial charge in [-0.1, -0.05) is 17.7 Å². The third-order valence-electron chi connectivity index (χ3n) is 2.68. The highest BCUT2D eigenvalue weighted by Gasteiger charge is 2.19. The maximum Gasteiger partial charge on any atom is 0.156 e. The number of rotatable bonds is 2. The molecule has 0 spiro atoms. The van der Waals surface area contributed by atoms with E-state index in [1.54, 1.807) is 12.1 Å². The highest BCUT2D eigenvalue weighted by Crippen LogP contribution is 2.18. The standard InChI is InChI=1S/C12H12ClFN2O/c13-11-5-9(1-2-12(11)14)7-16-3-4-17-10(6-15)8-16/h1-2,5,10H,3-4,7-8H2. The molecule has 1 aliphatic rings. The Bertz CT molecular complexity index is 447. The van der Waals surface area contributed by atoms with Gasteiger partial charge in [0.15, 0.2) is 6.10 Å². The summed E-state index contributed by atoms with van der Waals surface area (Å²) < 4.78 is 18.2. The molecule has 0 N–H and O–H groups in total. The van der Waals surface area contributed by atoms with Crippen molar-refractivity contribution in [2.24, 2.45) is 0 Å². The average molecular weight is 255 g/mol. The van der Waals surface area contributed by atoms with Crippen molar-refractivity contribution in [2.75, 3.05) is 19.7 Å². The van der Waals surface area contributed by atoms with Crippen molar-refractivity contribution in [3.63, 3.8) is 0 Å². The van der Waals surface area contributed by atoms with Crippen LogP contribution in [0.15, 0.2) is 18.2 Å². The lowest BCUT2D eigenvalue weighted by atomic mass is 10.2. The molecule has 90 valence electrons.